The molecule has 0 unspecified atom stereocenters. The Balaban J connectivity index is 0.00000338. The average Bonchev–Trinajstić information content (AvgIpc) is 2.53. The highest BCUT2D eigenvalue weighted by Gasteiger charge is 2.29. The maximum Gasteiger partial charge on any atom is 0.255 e. The normalized spacial score (nSPS) is 11.5. The van der Waals surface area contributed by atoms with Crippen LogP contribution in [0.15, 0.2) is 48.5 Å². The molecule has 0 heterocycles. The molecular formula is C19H25ClN2O3S. The number of sulfone groups is 1. The van der Waals surface area contributed by atoms with Crippen LogP contribution in [0.1, 0.15) is 42.3 Å². The van der Waals surface area contributed by atoms with Crippen molar-refractivity contribution in [2.75, 3.05) is 5.32 Å². The molecule has 2 rings (SSSR count). The molecule has 0 saturated heterocycles. The molecule has 0 aromatic heterocycles. The van der Waals surface area contributed by atoms with Crippen molar-refractivity contribution in [1.82, 2.24) is 0 Å². The SMILES string of the molecule is CC(C)(C)S(=O)(=O)Cc1cccc(NC(=O)c2cccc(CN)c2)c1.Cl. The summed E-state index contributed by atoms with van der Waals surface area (Å²) in [6, 6.07) is 14.0. The number of amides is 1. The van der Waals surface area contributed by atoms with Crippen molar-refractivity contribution in [3.63, 3.8) is 0 Å². The molecule has 3 N–H and O–H groups in total. The second-order valence-electron chi connectivity index (χ2n) is 6.93. The number of hydrogen-bond acceptors (Lipinski definition) is 4. The maximum absolute atomic E-state index is 12.4. The molecule has 26 heavy (non-hydrogen) atoms. The number of carbonyl (C=O) groups is 1. The van der Waals surface area contributed by atoms with E-state index in [4.69, 9.17) is 5.73 Å². The van der Waals surface area contributed by atoms with Crippen molar-refractivity contribution >= 4 is 33.8 Å². The van der Waals surface area contributed by atoms with Gasteiger partial charge in [-0.25, -0.2) is 8.42 Å². The minimum atomic E-state index is -3.28. The van der Waals surface area contributed by atoms with Crippen LogP contribution < -0.4 is 11.1 Å². The van der Waals surface area contributed by atoms with Crippen molar-refractivity contribution < 1.29 is 13.2 Å². The van der Waals surface area contributed by atoms with E-state index in [9.17, 15) is 13.2 Å². The van der Waals surface area contributed by atoms with Gasteiger partial charge in [0.1, 0.15) is 0 Å². The lowest BCUT2D eigenvalue weighted by molar-refractivity contribution is 0.102. The number of carbonyl (C=O) groups excluding carboxylic acids is 1. The van der Waals surface area contributed by atoms with Crippen LogP contribution in [-0.2, 0) is 22.1 Å². The molecule has 2 aromatic carbocycles. The third kappa shape index (κ3) is 5.56. The summed E-state index contributed by atoms with van der Waals surface area (Å²) in [5, 5.41) is 2.80. The number of rotatable bonds is 5. The molecule has 0 fully saturated rings. The molecule has 0 aliphatic heterocycles. The first-order valence-electron chi connectivity index (χ1n) is 8.04. The second kappa shape index (κ2) is 8.66. The van der Waals surface area contributed by atoms with Crippen molar-refractivity contribution in [2.45, 2.75) is 37.8 Å². The zero-order valence-electron chi connectivity index (χ0n) is 15.2. The average molecular weight is 397 g/mol. The minimum Gasteiger partial charge on any atom is -0.326 e. The molecule has 0 atom stereocenters. The van der Waals surface area contributed by atoms with Crippen LogP contribution in [0.2, 0.25) is 0 Å². The largest absolute Gasteiger partial charge is 0.326 e. The topological polar surface area (TPSA) is 89.3 Å². The standard InChI is InChI=1S/C19H24N2O3S.ClH/c1-19(2,3)25(23,24)13-15-7-5-9-17(11-15)21-18(22)16-8-4-6-14(10-16)12-20;/h4-11H,12-13,20H2,1-3H3,(H,21,22);1H. The lowest BCUT2D eigenvalue weighted by Crippen LogP contribution is -2.29. The van der Waals surface area contributed by atoms with Crippen molar-refractivity contribution in [3.8, 4) is 0 Å². The predicted octanol–water partition coefficient (Wildman–Crippen LogP) is 3.53. The van der Waals surface area contributed by atoms with Crippen LogP contribution in [0, 0.1) is 0 Å². The molecule has 5 nitrogen and oxygen atoms in total. The monoisotopic (exact) mass is 396 g/mol. The maximum atomic E-state index is 12.4. The molecule has 2 aromatic rings. The molecule has 0 spiro atoms. The zero-order chi connectivity index (χ0) is 18.7. The summed E-state index contributed by atoms with van der Waals surface area (Å²) in [6.07, 6.45) is 0. The predicted molar refractivity (Wildman–Crippen MR) is 108 cm³/mol. The van der Waals surface area contributed by atoms with E-state index in [0.717, 1.165) is 5.56 Å². The third-order valence-electron chi connectivity index (χ3n) is 3.90. The van der Waals surface area contributed by atoms with E-state index >= 15 is 0 Å². The van der Waals surface area contributed by atoms with Gasteiger partial charge in [0.25, 0.3) is 5.91 Å². The first-order chi connectivity index (χ1) is 11.6. The van der Waals surface area contributed by atoms with Gasteiger partial charge in [0.2, 0.25) is 0 Å². The van der Waals surface area contributed by atoms with Crippen LogP contribution in [0.5, 0.6) is 0 Å². The summed E-state index contributed by atoms with van der Waals surface area (Å²) in [5.74, 6) is -0.325. The molecule has 0 bridgehead atoms. The van der Waals surface area contributed by atoms with E-state index < -0.39 is 14.6 Å². The van der Waals surface area contributed by atoms with E-state index in [-0.39, 0.29) is 24.1 Å². The Morgan fingerprint density at radius 3 is 2.27 bits per heavy atom. The number of benzene rings is 2. The molecule has 1 amide bonds. The van der Waals surface area contributed by atoms with Gasteiger partial charge in [0.15, 0.2) is 9.84 Å². The quantitative estimate of drug-likeness (QED) is 0.808. The van der Waals surface area contributed by atoms with Crippen LogP contribution in [0.4, 0.5) is 5.69 Å². The Morgan fingerprint density at radius 1 is 1.04 bits per heavy atom. The highest BCUT2D eigenvalue weighted by Crippen LogP contribution is 2.22. The van der Waals surface area contributed by atoms with Gasteiger partial charge >= 0.3 is 0 Å². The van der Waals surface area contributed by atoms with Gasteiger partial charge in [-0.3, -0.25) is 4.79 Å². The summed E-state index contributed by atoms with van der Waals surface area (Å²) in [6.45, 7) is 5.40. The Hall–Kier alpha value is -1.89. The number of hydrogen-bond donors (Lipinski definition) is 2. The molecule has 0 aliphatic carbocycles. The Bertz CT molecular complexity index is 874. The lowest BCUT2D eigenvalue weighted by atomic mass is 10.1. The fourth-order valence-corrected chi connectivity index (χ4v) is 3.27. The third-order valence-corrected chi connectivity index (χ3v) is 6.48. The van der Waals surface area contributed by atoms with Gasteiger partial charge in [0.05, 0.1) is 10.5 Å². The van der Waals surface area contributed by atoms with Gasteiger partial charge < -0.3 is 11.1 Å². The number of anilines is 1. The molecule has 142 valence electrons. The fraction of sp³-hybridized carbons (Fsp3) is 0.316. The number of nitrogens with one attached hydrogen (secondary N) is 1. The van der Waals surface area contributed by atoms with E-state index in [1.54, 1.807) is 63.2 Å². The minimum absolute atomic E-state index is 0. The first-order valence-corrected chi connectivity index (χ1v) is 9.69. The van der Waals surface area contributed by atoms with Gasteiger partial charge in [-0.1, -0.05) is 24.3 Å². The number of nitrogens with two attached hydrogens (primary N) is 1. The summed E-state index contributed by atoms with van der Waals surface area (Å²) in [7, 11) is -3.28. The van der Waals surface area contributed by atoms with E-state index in [0.29, 0.717) is 23.4 Å². The lowest BCUT2D eigenvalue weighted by Gasteiger charge is -2.19. The molecule has 0 radical (unpaired) electrons. The molecule has 7 heteroatoms. The van der Waals surface area contributed by atoms with E-state index in [2.05, 4.69) is 5.32 Å². The van der Waals surface area contributed by atoms with Crippen LogP contribution in [0.25, 0.3) is 0 Å². The molecule has 0 aliphatic rings. The Kier molecular flexibility index (Phi) is 7.38. The van der Waals surface area contributed by atoms with Crippen molar-refractivity contribution in [3.05, 3.63) is 65.2 Å². The van der Waals surface area contributed by atoms with Crippen molar-refractivity contribution in [2.24, 2.45) is 5.73 Å². The van der Waals surface area contributed by atoms with Crippen LogP contribution >= 0.6 is 12.4 Å². The summed E-state index contributed by atoms with van der Waals surface area (Å²) in [5.41, 5.74) is 8.18. The highest BCUT2D eigenvalue weighted by atomic mass is 35.5. The van der Waals surface area contributed by atoms with Gasteiger partial charge in [-0.15, -0.1) is 12.4 Å². The summed E-state index contributed by atoms with van der Waals surface area (Å²) in [4.78, 5) is 12.4. The summed E-state index contributed by atoms with van der Waals surface area (Å²) < 4.78 is 23.9. The van der Waals surface area contributed by atoms with Gasteiger partial charge in [-0.05, 0) is 56.2 Å². The van der Waals surface area contributed by atoms with Crippen LogP contribution in [0.3, 0.4) is 0 Å². The van der Waals surface area contributed by atoms with Gasteiger partial charge in [0, 0.05) is 17.8 Å². The van der Waals surface area contributed by atoms with Crippen molar-refractivity contribution in [1.29, 1.82) is 0 Å². The summed E-state index contributed by atoms with van der Waals surface area (Å²) >= 11 is 0. The van der Waals surface area contributed by atoms with E-state index in [1.165, 1.54) is 0 Å². The smallest absolute Gasteiger partial charge is 0.255 e. The van der Waals surface area contributed by atoms with Crippen LogP contribution in [-0.4, -0.2) is 19.1 Å². The zero-order valence-corrected chi connectivity index (χ0v) is 16.8. The van der Waals surface area contributed by atoms with Gasteiger partial charge in [-0.2, -0.15) is 0 Å². The first kappa shape index (κ1) is 22.2. The number of halogens is 1. The molecule has 0 saturated carbocycles. The molecular weight excluding hydrogens is 372 g/mol. The fourth-order valence-electron chi connectivity index (χ4n) is 2.22. The Morgan fingerprint density at radius 2 is 1.65 bits per heavy atom. The van der Waals surface area contributed by atoms with E-state index in [1.807, 2.05) is 6.07 Å². The Labute approximate surface area is 161 Å². The highest BCUT2D eigenvalue weighted by molar-refractivity contribution is 7.91. The second-order valence-corrected chi connectivity index (χ2v) is 9.67.